The van der Waals surface area contributed by atoms with Crippen molar-refractivity contribution in [3.8, 4) is 0 Å². The summed E-state index contributed by atoms with van der Waals surface area (Å²) in [6, 6.07) is 5.63. The third-order valence-corrected chi connectivity index (χ3v) is 3.81. The molecule has 1 aromatic rings. The molecule has 4 nitrogen and oxygen atoms in total. The summed E-state index contributed by atoms with van der Waals surface area (Å²) in [5.74, 6) is -0.917. The van der Waals surface area contributed by atoms with Crippen LogP contribution in [0.1, 0.15) is 24.4 Å². The summed E-state index contributed by atoms with van der Waals surface area (Å²) in [6.45, 7) is 3.94. The molecule has 2 amide bonds. The highest BCUT2D eigenvalue weighted by Crippen LogP contribution is 2.36. The molecule has 1 aliphatic heterocycles. The fourth-order valence-corrected chi connectivity index (χ4v) is 2.76. The highest BCUT2D eigenvalue weighted by molar-refractivity contribution is 5.85. The number of benzene rings is 1. The molecule has 1 aromatic carbocycles. The van der Waals surface area contributed by atoms with Gasteiger partial charge in [0.05, 0.1) is 12.0 Å². The maximum Gasteiger partial charge on any atom is 0.225 e. The number of piperidine rings is 1. The minimum absolute atomic E-state index is 0.0305. The van der Waals surface area contributed by atoms with Crippen LogP contribution in [0.15, 0.2) is 36.9 Å². The zero-order chi connectivity index (χ0) is 15.4. The lowest BCUT2D eigenvalue weighted by atomic mass is 9.84. The fourth-order valence-electron chi connectivity index (χ4n) is 2.76. The summed E-state index contributed by atoms with van der Waals surface area (Å²) in [6.07, 6.45) is 2.40. The molecule has 112 valence electrons. The molecule has 1 heterocycles. The number of nitrogens with zero attached hydrogens (tertiary/aromatic N) is 1. The monoisotopic (exact) mass is 290 g/mol. The van der Waals surface area contributed by atoms with Gasteiger partial charge in [-0.15, -0.1) is 6.58 Å². The molecule has 0 unspecified atom stereocenters. The quantitative estimate of drug-likeness (QED) is 0.863. The van der Waals surface area contributed by atoms with Gasteiger partial charge >= 0.3 is 0 Å². The Labute approximate surface area is 123 Å². The van der Waals surface area contributed by atoms with Crippen LogP contribution in [0.4, 0.5) is 4.39 Å². The van der Waals surface area contributed by atoms with Crippen LogP contribution in [0.3, 0.4) is 0 Å². The molecule has 0 bridgehead atoms. The summed E-state index contributed by atoms with van der Waals surface area (Å²) in [7, 11) is 1.66. The zero-order valence-corrected chi connectivity index (χ0v) is 12.0. The summed E-state index contributed by atoms with van der Waals surface area (Å²) in [4.78, 5) is 25.8. The highest BCUT2D eigenvalue weighted by atomic mass is 19.1. The number of nitrogens with one attached hydrogen (secondary N) is 1. The van der Waals surface area contributed by atoms with Crippen LogP contribution in [-0.2, 0) is 9.59 Å². The maximum atomic E-state index is 13.5. The molecule has 1 N–H and O–H groups in total. The average molecular weight is 290 g/mol. The Morgan fingerprint density at radius 3 is 3.00 bits per heavy atom. The van der Waals surface area contributed by atoms with Crippen LogP contribution in [0, 0.1) is 11.7 Å². The summed E-state index contributed by atoms with van der Waals surface area (Å²) in [5, 5.41) is 2.76. The molecule has 0 saturated carbocycles. The first kappa shape index (κ1) is 15.2. The van der Waals surface area contributed by atoms with Crippen molar-refractivity contribution in [1.29, 1.82) is 0 Å². The van der Waals surface area contributed by atoms with Gasteiger partial charge in [-0.3, -0.25) is 9.59 Å². The lowest BCUT2D eigenvalue weighted by Crippen LogP contribution is -2.46. The Morgan fingerprint density at radius 1 is 1.57 bits per heavy atom. The second-order valence-electron chi connectivity index (χ2n) is 5.18. The van der Waals surface area contributed by atoms with Crippen molar-refractivity contribution in [1.82, 2.24) is 10.2 Å². The van der Waals surface area contributed by atoms with E-state index in [1.54, 1.807) is 25.3 Å². The standard InChI is InChI=1S/C16H19FN2O2/c1-3-9-18-16(21)13-7-8-14(20)19(2)15(13)11-5-4-6-12(17)10-11/h3-6,10,13,15H,1,7-9H2,2H3,(H,18,21)/t13-,15-/m0/s1. The zero-order valence-electron chi connectivity index (χ0n) is 12.0. The number of amides is 2. The number of hydrogen-bond acceptors (Lipinski definition) is 2. The van der Waals surface area contributed by atoms with Gasteiger partial charge in [-0.2, -0.15) is 0 Å². The van der Waals surface area contributed by atoms with Crippen LogP contribution in [-0.4, -0.2) is 30.3 Å². The molecule has 5 heteroatoms. The van der Waals surface area contributed by atoms with Crippen molar-refractivity contribution in [2.24, 2.45) is 5.92 Å². The first-order valence-electron chi connectivity index (χ1n) is 6.94. The Morgan fingerprint density at radius 2 is 2.33 bits per heavy atom. The number of carbonyl (C=O) groups is 2. The van der Waals surface area contributed by atoms with E-state index in [9.17, 15) is 14.0 Å². The molecule has 0 aliphatic carbocycles. The van der Waals surface area contributed by atoms with E-state index in [0.29, 0.717) is 24.9 Å². The van der Waals surface area contributed by atoms with Gasteiger partial charge in [0.2, 0.25) is 11.8 Å². The topological polar surface area (TPSA) is 49.4 Å². The van der Waals surface area contributed by atoms with Gasteiger partial charge in [0, 0.05) is 20.0 Å². The van der Waals surface area contributed by atoms with E-state index in [2.05, 4.69) is 11.9 Å². The summed E-state index contributed by atoms with van der Waals surface area (Å²) < 4.78 is 13.5. The highest BCUT2D eigenvalue weighted by Gasteiger charge is 2.38. The van der Waals surface area contributed by atoms with Gasteiger partial charge in [0.1, 0.15) is 5.82 Å². The minimum Gasteiger partial charge on any atom is -0.352 e. The molecule has 2 rings (SSSR count). The van der Waals surface area contributed by atoms with E-state index >= 15 is 0 Å². The second kappa shape index (κ2) is 6.52. The first-order chi connectivity index (χ1) is 10.0. The Balaban J connectivity index is 2.31. The number of hydrogen-bond donors (Lipinski definition) is 1. The van der Waals surface area contributed by atoms with E-state index < -0.39 is 6.04 Å². The second-order valence-corrected chi connectivity index (χ2v) is 5.18. The first-order valence-corrected chi connectivity index (χ1v) is 6.94. The molecule has 0 spiro atoms. The average Bonchev–Trinajstić information content (AvgIpc) is 2.47. The van der Waals surface area contributed by atoms with Crippen molar-refractivity contribution in [3.05, 3.63) is 48.3 Å². The van der Waals surface area contributed by atoms with Gasteiger partial charge < -0.3 is 10.2 Å². The lowest BCUT2D eigenvalue weighted by Gasteiger charge is -2.38. The molecular formula is C16H19FN2O2. The molecule has 2 atom stereocenters. The molecule has 0 radical (unpaired) electrons. The van der Waals surface area contributed by atoms with E-state index in [0.717, 1.165) is 0 Å². The number of rotatable bonds is 4. The molecule has 1 saturated heterocycles. The van der Waals surface area contributed by atoms with Crippen LogP contribution >= 0.6 is 0 Å². The number of halogens is 1. The maximum absolute atomic E-state index is 13.5. The Kier molecular flexibility index (Phi) is 4.73. The number of likely N-dealkylation sites (tertiary alicyclic amines) is 1. The molecule has 1 fully saturated rings. The van der Waals surface area contributed by atoms with Gasteiger partial charge in [0.25, 0.3) is 0 Å². The predicted octanol–water partition coefficient (Wildman–Crippen LogP) is 2.04. The largest absolute Gasteiger partial charge is 0.352 e. The SMILES string of the molecule is C=CCNC(=O)[C@H]1CCC(=O)N(C)[C@H]1c1cccc(F)c1. The van der Waals surface area contributed by atoms with Crippen molar-refractivity contribution in [3.63, 3.8) is 0 Å². The Bertz CT molecular complexity index is 559. The summed E-state index contributed by atoms with van der Waals surface area (Å²) in [5.41, 5.74) is 0.643. The van der Waals surface area contributed by atoms with Crippen molar-refractivity contribution in [2.75, 3.05) is 13.6 Å². The van der Waals surface area contributed by atoms with Gasteiger partial charge in [-0.1, -0.05) is 18.2 Å². The molecule has 0 aromatic heterocycles. The number of carbonyl (C=O) groups excluding carboxylic acids is 2. The normalized spacial score (nSPS) is 22.0. The van der Waals surface area contributed by atoms with Crippen molar-refractivity contribution >= 4 is 11.8 Å². The van der Waals surface area contributed by atoms with Gasteiger partial charge in [0.15, 0.2) is 0 Å². The Hall–Kier alpha value is -2.17. The summed E-state index contributed by atoms with van der Waals surface area (Å²) >= 11 is 0. The van der Waals surface area contributed by atoms with E-state index in [-0.39, 0.29) is 23.5 Å². The van der Waals surface area contributed by atoms with E-state index in [1.165, 1.54) is 17.0 Å². The van der Waals surface area contributed by atoms with Crippen molar-refractivity contribution < 1.29 is 14.0 Å². The molecular weight excluding hydrogens is 271 g/mol. The smallest absolute Gasteiger partial charge is 0.225 e. The van der Waals surface area contributed by atoms with Crippen LogP contribution < -0.4 is 5.32 Å². The van der Waals surface area contributed by atoms with E-state index in [4.69, 9.17) is 0 Å². The molecule has 1 aliphatic rings. The lowest BCUT2D eigenvalue weighted by molar-refractivity contribution is -0.141. The minimum atomic E-state index is -0.438. The van der Waals surface area contributed by atoms with Crippen LogP contribution in [0.5, 0.6) is 0 Å². The van der Waals surface area contributed by atoms with Gasteiger partial charge in [-0.05, 0) is 24.1 Å². The van der Waals surface area contributed by atoms with Crippen LogP contribution in [0.25, 0.3) is 0 Å². The van der Waals surface area contributed by atoms with Crippen LogP contribution in [0.2, 0.25) is 0 Å². The predicted molar refractivity (Wildman–Crippen MR) is 77.8 cm³/mol. The third kappa shape index (κ3) is 3.29. The van der Waals surface area contributed by atoms with Crippen molar-refractivity contribution in [2.45, 2.75) is 18.9 Å². The van der Waals surface area contributed by atoms with E-state index in [1.807, 2.05) is 0 Å². The molecule has 21 heavy (non-hydrogen) atoms. The van der Waals surface area contributed by atoms with Gasteiger partial charge in [-0.25, -0.2) is 4.39 Å². The fraction of sp³-hybridized carbons (Fsp3) is 0.375. The third-order valence-electron chi connectivity index (χ3n) is 3.81.